The van der Waals surface area contributed by atoms with Gasteiger partial charge in [-0.1, -0.05) is 25.1 Å². The lowest BCUT2D eigenvalue weighted by Crippen LogP contribution is -2.05. The first-order valence-electron chi connectivity index (χ1n) is 9.37. The van der Waals surface area contributed by atoms with Crippen molar-refractivity contribution >= 4 is 21.5 Å². The molecule has 30 heavy (non-hydrogen) atoms. The van der Waals surface area contributed by atoms with Crippen LogP contribution in [0.1, 0.15) is 6.92 Å². The molecule has 0 aliphatic rings. The summed E-state index contributed by atoms with van der Waals surface area (Å²) >= 11 is 0. The Morgan fingerprint density at radius 2 is 1.93 bits per heavy atom. The molecule has 0 saturated carbocycles. The number of aromatic nitrogens is 2. The molecular formula is C22H21N3O4S. The van der Waals surface area contributed by atoms with Crippen molar-refractivity contribution in [3.05, 3.63) is 67.1 Å². The average molecular weight is 423 g/mol. The lowest BCUT2D eigenvalue weighted by Gasteiger charge is -2.11. The molecule has 0 bridgehead atoms. The molecule has 4 rings (SSSR count). The van der Waals surface area contributed by atoms with Gasteiger partial charge in [-0.25, -0.2) is 13.4 Å². The maximum atomic E-state index is 12.2. The minimum atomic E-state index is -3.35. The van der Waals surface area contributed by atoms with E-state index in [2.05, 4.69) is 15.3 Å². The van der Waals surface area contributed by atoms with Crippen LogP contribution in [0.4, 0.5) is 11.7 Å². The highest BCUT2D eigenvalue weighted by Crippen LogP contribution is 2.32. The van der Waals surface area contributed by atoms with Gasteiger partial charge in [-0.05, 0) is 41.5 Å². The molecule has 0 saturated heterocycles. The SMILES string of the molecule is CCS(=O)(=O)c1ccc(OC)c(Nc2ncc(-c3cccc(-c4cc[nH]c4)c3)o2)c1. The standard InChI is InChI=1S/C22H21N3O4S/c1-3-30(26,27)18-7-8-20(28-2)19(12-18)25-22-24-14-21(29-22)16-6-4-5-15(11-16)17-9-10-23-13-17/h4-14,23H,3H2,1-2H3,(H,24,25). The molecule has 0 radical (unpaired) electrons. The molecule has 0 unspecified atom stereocenters. The average Bonchev–Trinajstić information content (AvgIpc) is 3.46. The fourth-order valence-corrected chi connectivity index (χ4v) is 3.99. The quantitative estimate of drug-likeness (QED) is 0.440. The molecule has 4 aromatic rings. The summed E-state index contributed by atoms with van der Waals surface area (Å²) in [5.74, 6) is 1.09. The number of hydrogen-bond donors (Lipinski definition) is 2. The summed E-state index contributed by atoms with van der Waals surface area (Å²) < 4.78 is 35.6. The van der Waals surface area contributed by atoms with Crippen LogP contribution in [0.5, 0.6) is 5.75 Å². The predicted molar refractivity (Wildman–Crippen MR) is 116 cm³/mol. The first-order valence-corrected chi connectivity index (χ1v) is 11.0. The number of methoxy groups -OCH3 is 1. The number of ether oxygens (including phenoxy) is 1. The molecule has 2 N–H and O–H groups in total. The monoisotopic (exact) mass is 423 g/mol. The van der Waals surface area contributed by atoms with Crippen LogP contribution in [0.3, 0.4) is 0 Å². The van der Waals surface area contributed by atoms with E-state index in [1.54, 1.807) is 19.2 Å². The molecule has 0 aliphatic carbocycles. The first-order chi connectivity index (χ1) is 14.5. The molecule has 2 aromatic heterocycles. The van der Waals surface area contributed by atoms with Crippen LogP contribution in [0.15, 0.2) is 76.4 Å². The number of oxazole rings is 1. The van der Waals surface area contributed by atoms with Gasteiger partial charge in [-0.15, -0.1) is 0 Å². The lowest BCUT2D eigenvalue weighted by molar-refractivity contribution is 0.416. The van der Waals surface area contributed by atoms with Gasteiger partial charge in [0, 0.05) is 18.0 Å². The second-order valence-electron chi connectivity index (χ2n) is 6.60. The van der Waals surface area contributed by atoms with Crippen LogP contribution in [0.25, 0.3) is 22.5 Å². The van der Waals surface area contributed by atoms with E-state index in [-0.39, 0.29) is 16.7 Å². The number of nitrogens with one attached hydrogen (secondary N) is 2. The fourth-order valence-electron chi connectivity index (χ4n) is 3.08. The van der Waals surface area contributed by atoms with Crippen LogP contribution >= 0.6 is 0 Å². The number of hydrogen-bond acceptors (Lipinski definition) is 6. The van der Waals surface area contributed by atoms with Gasteiger partial charge in [0.2, 0.25) is 0 Å². The van der Waals surface area contributed by atoms with Crippen molar-refractivity contribution in [3.8, 4) is 28.2 Å². The molecule has 0 atom stereocenters. The maximum absolute atomic E-state index is 12.2. The normalized spacial score (nSPS) is 11.4. The molecule has 0 fully saturated rings. The Labute approximate surface area is 174 Å². The smallest absolute Gasteiger partial charge is 0.299 e. The van der Waals surface area contributed by atoms with Gasteiger partial charge in [0.1, 0.15) is 5.75 Å². The molecule has 0 amide bonds. The third-order valence-electron chi connectivity index (χ3n) is 4.74. The zero-order valence-electron chi connectivity index (χ0n) is 16.5. The molecule has 2 heterocycles. The van der Waals surface area contributed by atoms with E-state index in [0.717, 1.165) is 16.7 Å². The summed E-state index contributed by atoms with van der Waals surface area (Å²) in [7, 11) is -1.84. The largest absolute Gasteiger partial charge is 0.495 e. The van der Waals surface area contributed by atoms with Gasteiger partial charge >= 0.3 is 0 Å². The summed E-state index contributed by atoms with van der Waals surface area (Å²) in [5.41, 5.74) is 3.47. The number of H-pyrrole nitrogens is 1. The minimum absolute atomic E-state index is 0.0133. The Balaban J connectivity index is 1.63. The molecule has 7 nitrogen and oxygen atoms in total. The van der Waals surface area contributed by atoms with E-state index in [0.29, 0.717) is 17.2 Å². The summed E-state index contributed by atoms with van der Waals surface area (Å²) in [4.78, 5) is 7.53. The second kappa shape index (κ2) is 8.08. The van der Waals surface area contributed by atoms with Crippen molar-refractivity contribution in [2.75, 3.05) is 18.2 Å². The summed E-state index contributed by atoms with van der Waals surface area (Å²) in [6, 6.07) is 14.8. The van der Waals surface area contributed by atoms with Crippen LogP contribution < -0.4 is 10.1 Å². The number of nitrogens with zero attached hydrogens (tertiary/aromatic N) is 1. The highest BCUT2D eigenvalue weighted by molar-refractivity contribution is 7.91. The number of aromatic amines is 1. The molecule has 8 heteroatoms. The van der Waals surface area contributed by atoms with E-state index >= 15 is 0 Å². The van der Waals surface area contributed by atoms with Gasteiger partial charge < -0.3 is 19.5 Å². The highest BCUT2D eigenvalue weighted by Gasteiger charge is 2.16. The van der Waals surface area contributed by atoms with Crippen molar-refractivity contribution in [3.63, 3.8) is 0 Å². The minimum Gasteiger partial charge on any atom is -0.495 e. The van der Waals surface area contributed by atoms with Gasteiger partial charge in [0.05, 0.1) is 29.6 Å². The number of rotatable bonds is 7. The maximum Gasteiger partial charge on any atom is 0.299 e. The molecular weight excluding hydrogens is 402 g/mol. The topological polar surface area (TPSA) is 97.2 Å². The van der Waals surface area contributed by atoms with Crippen LogP contribution in [-0.2, 0) is 9.84 Å². The van der Waals surface area contributed by atoms with Crippen LogP contribution in [-0.4, -0.2) is 31.2 Å². The van der Waals surface area contributed by atoms with E-state index in [1.807, 2.05) is 42.7 Å². The summed E-state index contributed by atoms with van der Waals surface area (Å²) in [5, 5.41) is 3.02. The van der Waals surface area contributed by atoms with Crippen LogP contribution in [0, 0.1) is 0 Å². The zero-order valence-corrected chi connectivity index (χ0v) is 17.4. The van der Waals surface area contributed by atoms with Gasteiger partial charge in [-0.2, -0.15) is 0 Å². The first kappa shape index (κ1) is 19.8. The zero-order chi connectivity index (χ0) is 21.1. The third kappa shape index (κ3) is 3.95. The molecule has 154 valence electrons. The van der Waals surface area contributed by atoms with E-state index < -0.39 is 9.84 Å². The number of benzene rings is 2. The highest BCUT2D eigenvalue weighted by atomic mass is 32.2. The Bertz CT molecular complexity index is 1260. The van der Waals surface area contributed by atoms with E-state index in [1.165, 1.54) is 19.2 Å². The van der Waals surface area contributed by atoms with Crippen molar-refractivity contribution in [2.45, 2.75) is 11.8 Å². The second-order valence-corrected chi connectivity index (χ2v) is 8.88. The van der Waals surface area contributed by atoms with Gasteiger partial charge in [0.15, 0.2) is 15.6 Å². The van der Waals surface area contributed by atoms with Crippen molar-refractivity contribution in [1.29, 1.82) is 0 Å². The lowest BCUT2D eigenvalue weighted by atomic mass is 10.1. The van der Waals surface area contributed by atoms with Gasteiger partial charge in [-0.3, -0.25) is 0 Å². The Kier molecular flexibility index (Phi) is 5.33. The van der Waals surface area contributed by atoms with Crippen molar-refractivity contribution in [1.82, 2.24) is 9.97 Å². The van der Waals surface area contributed by atoms with Crippen molar-refractivity contribution < 1.29 is 17.6 Å². The summed E-state index contributed by atoms with van der Waals surface area (Å²) in [6.07, 6.45) is 5.42. The molecule has 0 spiro atoms. The van der Waals surface area contributed by atoms with Crippen molar-refractivity contribution in [2.24, 2.45) is 0 Å². The predicted octanol–water partition coefficient (Wildman–Crippen LogP) is 4.88. The fraction of sp³-hybridized carbons (Fsp3) is 0.136. The summed E-state index contributed by atoms with van der Waals surface area (Å²) in [6.45, 7) is 1.61. The number of sulfone groups is 1. The van der Waals surface area contributed by atoms with Crippen LogP contribution in [0.2, 0.25) is 0 Å². The molecule has 2 aromatic carbocycles. The Hall–Kier alpha value is -3.52. The Morgan fingerprint density at radius 1 is 1.10 bits per heavy atom. The van der Waals surface area contributed by atoms with E-state index in [4.69, 9.17) is 9.15 Å². The van der Waals surface area contributed by atoms with E-state index in [9.17, 15) is 8.42 Å². The molecule has 0 aliphatic heterocycles. The number of anilines is 2. The Morgan fingerprint density at radius 3 is 2.67 bits per heavy atom. The third-order valence-corrected chi connectivity index (χ3v) is 6.47. The van der Waals surface area contributed by atoms with Gasteiger partial charge in [0.25, 0.3) is 6.01 Å².